The topological polar surface area (TPSA) is 63.2 Å². The first-order valence-corrected chi connectivity index (χ1v) is 10.1. The lowest BCUT2D eigenvalue weighted by Crippen LogP contribution is -2.34. The molecule has 1 N–H and O–H groups in total. The zero-order valence-electron chi connectivity index (χ0n) is 17.0. The van der Waals surface area contributed by atoms with Crippen LogP contribution in [-0.4, -0.2) is 47.1 Å². The monoisotopic (exact) mass is 389 g/mol. The van der Waals surface area contributed by atoms with E-state index >= 15 is 0 Å². The fourth-order valence-corrected chi connectivity index (χ4v) is 3.86. The van der Waals surface area contributed by atoms with E-state index in [2.05, 4.69) is 38.4 Å². The van der Waals surface area contributed by atoms with E-state index in [1.165, 1.54) is 12.0 Å². The summed E-state index contributed by atoms with van der Waals surface area (Å²) in [5.41, 5.74) is 3.35. The molecule has 6 heteroatoms. The number of rotatable bonds is 6. The summed E-state index contributed by atoms with van der Waals surface area (Å²) >= 11 is 0. The average molecular weight is 390 g/mol. The van der Waals surface area contributed by atoms with E-state index in [0.29, 0.717) is 5.92 Å². The number of methoxy groups -OCH3 is 1. The van der Waals surface area contributed by atoms with E-state index in [0.717, 1.165) is 54.7 Å². The summed E-state index contributed by atoms with van der Waals surface area (Å²) in [6.07, 6.45) is 5.90. The van der Waals surface area contributed by atoms with E-state index in [-0.39, 0.29) is 0 Å². The minimum atomic E-state index is 0.396. The Balaban J connectivity index is 1.52. The van der Waals surface area contributed by atoms with E-state index in [4.69, 9.17) is 9.72 Å². The Labute approximate surface area is 172 Å². The highest BCUT2D eigenvalue weighted by atomic mass is 16.5. The van der Waals surface area contributed by atoms with Crippen LogP contribution in [0.3, 0.4) is 0 Å². The summed E-state index contributed by atoms with van der Waals surface area (Å²) in [6.45, 7) is 3.06. The van der Waals surface area contributed by atoms with Gasteiger partial charge in [0, 0.05) is 50.1 Å². The van der Waals surface area contributed by atoms with Gasteiger partial charge in [0.1, 0.15) is 11.6 Å². The molecule has 1 aliphatic rings. The molecule has 1 saturated heterocycles. The second-order valence-corrected chi connectivity index (χ2v) is 7.42. The summed E-state index contributed by atoms with van der Waals surface area (Å²) in [6, 6.07) is 14.4. The van der Waals surface area contributed by atoms with E-state index in [1.807, 2.05) is 37.5 Å². The molecule has 3 aromatic rings. The van der Waals surface area contributed by atoms with Gasteiger partial charge in [0.25, 0.3) is 0 Å². The molecule has 4 rings (SSSR count). The minimum absolute atomic E-state index is 0.396. The zero-order chi connectivity index (χ0) is 20.1. The second-order valence-electron chi connectivity index (χ2n) is 7.42. The van der Waals surface area contributed by atoms with Crippen molar-refractivity contribution in [3.8, 4) is 17.1 Å². The lowest BCUT2D eigenvalue weighted by Gasteiger charge is -2.32. The molecule has 0 bridgehead atoms. The first-order chi connectivity index (χ1) is 14.2. The summed E-state index contributed by atoms with van der Waals surface area (Å²) in [4.78, 5) is 16.3. The molecule has 6 nitrogen and oxygen atoms in total. The highest BCUT2D eigenvalue weighted by Crippen LogP contribution is 2.29. The van der Waals surface area contributed by atoms with E-state index in [1.54, 1.807) is 13.3 Å². The molecule has 1 aromatic carbocycles. The van der Waals surface area contributed by atoms with Gasteiger partial charge in [0.2, 0.25) is 0 Å². The summed E-state index contributed by atoms with van der Waals surface area (Å²) < 4.78 is 5.27. The SMILES string of the molecule is CNc1cc([C@H]2CCCN(Cc3ccc(OC)cc3)C2)nc(-c2cccnc2)n1. The quantitative estimate of drug-likeness (QED) is 0.688. The van der Waals surface area contributed by atoms with Crippen molar-refractivity contribution in [2.45, 2.75) is 25.3 Å². The molecule has 0 saturated carbocycles. The maximum Gasteiger partial charge on any atom is 0.163 e. The molecule has 1 atom stereocenters. The smallest absolute Gasteiger partial charge is 0.163 e. The number of benzene rings is 1. The van der Waals surface area contributed by atoms with Crippen LogP contribution in [0.15, 0.2) is 54.9 Å². The maximum atomic E-state index is 5.27. The number of likely N-dealkylation sites (tertiary alicyclic amines) is 1. The van der Waals surface area contributed by atoms with Crippen LogP contribution in [0.1, 0.15) is 30.0 Å². The number of pyridine rings is 1. The number of ether oxygens (including phenoxy) is 1. The van der Waals surface area contributed by atoms with Crippen LogP contribution in [0.2, 0.25) is 0 Å². The third kappa shape index (κ3) is 4.71. The Hall–Kier alpha value is -2.99. The van der Waals surface area contributed by atoms with Crippen molar-refractivity contribution in [2.75, 3.05) is 32.6 Å². The van der Waals surface area contributed by atoms with Crippen molar-refractivity contribution in [3.63, 3.8) is 0 Å². The Morgan fingerprint density at radius 2 is 2.03 bits per heavy atom. The Kier molecular flexibility index (Phi) is 6.00. The average Bonchev–Trinajstić information content (AvgIpc) is 2.80. The van der Waals surface area contributed by atoms with Crippen LogP contribution in [-0.2, 0) is 6.54 Å². The number of nitrogens with zero attached hydrogens (tertiary/aromatic N) is 4. The third-order valence-corrected chi connectivity index (χ3v) is 5.41. The Morgan fingerprint density at radius 1 is 1.17 bits per heavy atom. The van der Waals surface area contributed by atoms with Crippen molar-refractivity contribution in [1.82, 2.24) is 19.9 Å². The Bertz CT molecular complexity index is 930. The molecule has 0 spiro atoms. The largest absolute Gasteiger partial charge is 0.497 e. The van der Waals surface area contributed by atoms with Gasteiger partial charge in [-0.3, -0.25) is 9.88 Å². The van der Waals surface area contributed by atoms with Gasteiger partial charge in [-0.1, -0.05) is 12.1 Å². The molecular formula is C23H27N5O. The van der Waals surface area contributed by atoms with Crippen LogP contribution >= 0.6 is 0 Å². The predicted molar refractivity (Wildman–Crippen MR) is 115 cm³/mol. The molecule has 150 valence electrons. The van der Waals surface area contributed by atoms with E-state index in [9.17, 15) is 0 Å². The molecule has 2 aromatic heterocycles. The lowest BCUT2D eigenvalue weighted by molar-refractivity contribution is 0.198. The normalized spacial score (nSPS) is 17.1. The lowest BCUT2D eigenvalue weighted by atomic mass is 9.94. The standard InChI is InChI=1S/C23H27N5O/c1-24-22-13-21(26-23(27-22)18-5-3-11-25-14-18)19-6-4-12-28(16-19)15-17-7-9-20(29-2)10-8-17/h3,5,7-11,13-14,19H,4,6,12,15-16H2,1-2H3,(H,24,26,27)/t19-/m0/s1. The zero-order valence-corrected chi connectivity index (χ0v) is 17.0. The number of hydrogen-bond donors (Lipinski definition) is 1. The molecule has 1 aliphatic heterocycles. The van der Waals surface area contributed by atoms with Crippen molar-refractivity contribution in [1.29, 1.82) is 0 Å². The second kappa shape index (κ2) is 9.01. The molecular weight excluding hydrogens is 362 g/mol. The minimum Gasteiger partial charge on any atom is -0.497 e. The molecule has 0 unspecified atom stereocenters. The van der Waals surface area contributed by atoms with Gasteiger partial charge in [-0.2, -0.15) is 0 Å². The number of nitrogens with one attached hydrogen (secondary N) is 1. The van der Waals surface area contributed by atoms with Gasteiger partial charge >= 0.3 is 0 Å². The van der Waals surface area contributed by atoms with Crippen LogP contribution in [0.4, 0.5) is 5.82 Å². The fourth-order valence-electron chi connectivity index (χ4n) is 3.86. The predicted octanol–water partition coefficient (Wildman–Crippen LogP) is 3.97. The van der Waals surface area contributed by atoms with Crippen LogP contribution < -0.4 is 10.1 Å². The number of piperidine rings is 1. The molecule has 3 heterocycles. The van der Waals surface area contributed by atoms with Crippen molar-refractivity contribution in [2.24, 2.45) is 0 Å². The number of aromatic nitrogens is 3. The molecule has 0 radical (unpaired) electrons. The van der Waals surface area contributed by atoms with Gasteiger partial charge < -0.3 is 10.1 Å². The first-order valence-electron chi connectivity index (χ1n) is 10.1. The highest BCUT2D eigenvalue weighted by molar-refractivity contribution is 5.56. The van der Waals surface area contributed by atoms with Crippen LogP contribution in [0, 0.1) is 0 Å². The van der Waals surface area contributed by atoms with Gasteiger partial charge in [-0.25, -0.2) is 9.97 Å². The Morgan fingerprint density at radius 3 is 2.76 bits per heavy atom. The third-order valence-electron chi connectivity index (χ3n) is 5.41. The summed E-state index contributed by atoms with van der Waals surface area (Å²) in [7, 11) is 3.60. The molecule has 1 fully saturated rings. The highest BCUT2D eigenvalue weighted by Gasteiger charge is 2.24. The van der Waals surface area contributed by atoms with Gasteiger partial charge in [-0.05, 0) is 49.2 Å². The summed E-state index contributed by atoms with van der Waals surface area (Å²) in [5.74, 6) is 2.87. The van der Waals surface area contributed by atoms with Gasteiger partial charge in [0.05, 0.1) is 12.8 Å². The first kappa shape index (κ1) is 19.3. The van der Waals surface area contributed by atoms with E-state index < -0.39 is 0 Å². The molecule has 29 heavy (non-hydrogen) atoms. The van der Waals surface area contributed by atoms with Crippen molar-refractivity contribution >= 4 is 5.82 Å². The van der Waals surface area contributed by atoms with Crippen LogP contribution in [0.5, 0.6) is 5.75 Å². The van der Waals surface area contributed by atoms with Gasteiger partial charge in [-0.15, -0.1) is 0 Å². The maximum absolute atomic E-state index is 5.27. The number of anilines is 1. The van der Waals surface area contributed by atoms with Gasteiger partial charge in [0.15, 0.2) is 5.82 Å². The molecule has 0 aliphatic carbocycles. The van der Waals surface area contributed by atoms with Crippen LogP contribution in [0.25, 0.3) is 11.4 Å². The van der Waals surface area contributed by atoms with Crippen molar-refractivity contribution in [3.05, 3.63) is 66.1 Å². The number of hydrogen-bond acceptors (Lipinski definition) is 6. The fraction of sp³-hybridized carbons (Fsp3) is 0.348. The molecule has 0 amide bonds. The summed E-state index contributed by atoms with van der Waals surface area (Å²) in [5, 5.41) is 3.18. The van der Waals surface area contributed by atoms with Crippen molar-refractivity contribution < 1.29 is 4.74 Å².